The first-order chi connectivity index (χ1) is 8.47. The molecule has 1 N–H and O–H groups in total. The number of hydrogen-bond acceptors (Lipinski definition) is 2. The predicted molar refractivity (Wildman–Crippen MR) is 60.3 cm³/mol. The first-order valence-electron chi connectivity index (χ1n) is 5.98. The van der Waals surface area contributed by atoms with Gasteiger partial charge >= 0.3 is 6.18 Å². The molecule has 0 unspecified atom stereocenters. The number of para-hydroxylation sites is 1. The summed E-state index contributed by atoms with van der Waals surface area (Å²) in [5.41, 5.74) is -0.740. The predicted octanol–water partition coefficient (Wildman–Crippen LogP) is 3.39. The zero-order valence-electron chi connectivity index (χ0n) is 9.78. The molecule has 0 radical (unpaired) electrons. The van der Waals surface area contributed by atoms with Crippen molar-refractivity contribution in [3.63, 3.8) is 0 Å². The van der Waals surface area contributed by atoms with Crippen LogP contribution in [0.25, 0.3) is 0 Å². The van der Waals surface area contributed by atoms with Gasteiger partial charge in [0.15, 0.2) is 0 Å². The molecule has 0 aliphatic heterocycles. The average molecular weight is 260 g/mol. The molecule has 2 rings (SSSR count). The minimum absolute atomic E-state index is 0.119. The standard InChI is InChI=1S/C13H15F3O2/c14-13(15,16)11-3-1-2-4-12(11)18-10-7-5-9(17)6-8-10/h1-4,9-10,17H,5-8H2. The van der Waals surface area contributed by atoms with Crippen LogP contribution in [0.5, 0.6) is 5.75 Å². The Morgan fingerprint density at radius 3 is 2.28 bits per heavy atom. The number of hydrogen-bond donors (Lipinski definition) is 1. The van der Waals surface area contributed by atoms with E-state index < -0.39 is 11.7 Å². The van der Waals surface area contributed by atoms with Gasteiger partial charge in [-0.3, -0.25) is 0 Å². The molecule has 1 fully saturated rings. The zero-order chi connectivity index (χ0) is 13.2. The van der Waals surface area contributed by atoms with Crippen LogP contribution in [0.1, 0.15) is 31.2 Å². The molecular formula is C13H15F3O2. The summed E-state index contributed by atoms with van der Waals surface area (Å²) in [6.45, 7) is 0. The fourth-order valence-corrected chi connectivity index (χ4v) is 2.15. The molecule has 5 heteroatoms. The summed E-state index contributed by atoms with van der Waals surface area (Å²) in [6.07, 6.45) is -2.64. The minimum Gasteiger partial charge on any atom is -0.490 e. The summed E-state index contributed by atoms with van der Waals surface area (Å²) in [4.78, 5) is 0. The highest BCUT2D eigenvalue weighted by molar-refractivity contribution is 5.35. The molecule has 0 amide bonds. The molecule has 100 valence electrons. The van der Waals surface area contributed by atoms with Gasteiger partial charge in [0.05, 0.1) is 17.8 Å². The fraction of sp³-hybridized carbons (Fsp3) is 0.538. The van der Waals surface area contributed by atoms with E-state index >= 15 is 0 Å². The average Bonchev–Trinajstić information content (AvgIpc) is 2.31. The molecule has 2 nitrogen and oxygen atoms in total. The van der Waals surface area contributed by atoms with Crippen molar-refractivity contribution in [3.05, 3.63) is 29.8 Å². The SMILES string of the molecule is OC1CCC(Oc2ccccc2C(F)(F)F)CC1. The Hall–Kier alpha value is -1.23. The van der Waals surface area contributed by atoms with E-state index in [1.165, 1.54) is 18.2 Å². The van der Waals surface area contributed by atoms with Crippen LogP contribution in [0.2, 0.25) is 0 Å². The third-order valence-corrected chi connectivity index (χ3v) is 3.13. The minimum atomic E-state index is -4.40. The Labute approximate surface area is 103 Å². The van der Waals surface area contributed by atoms with Crippen LogP contribution in [0, 0.1) is 0 Å². The van der Waals surface area contributed by atoms with Crippen molar-refractivity contribution in [2.24, 2.45) is 0 Å². The van der Waals surface area contributed by atoms with E-state index in [0.717, 1.165) is 6.07 Å². The van der Waals surface area contributed by atoms with E-state index in [0.29, 0.717) is 25.7 Å². The van der Waals surface area contributed by atoms with E-state index in [2.05, 4.69) is 0 Å². The molecule has 0 saturated heterocycles. The van der Waals surface area contributed by atoms with Gasteiger partial charge in [0.25, 0.3) is 0 Å². The third-order valence-electron chi connectivity index (χ3n) is 3.13. The van der Waals surface area contributed by atoms with Crippen molar-refractivity contribution in [2.75, 3.05) is 0 Å². The Morgan fingerprint density at radius 1 is 1.06 bits per heavy atom. The smallest absolute Gasteiger partial charge is 0.419 e. The largest absolute Gasteiger partial charge is 0.490 e. The maximum atomic E-state index is 12.7. The summed E-state index contributed by atoms with van der Waals surface area (Å²) in [6, 6.07) is 5.24. The van der Waals surface area contributed by atoms with Gasteiger partial charge in [-0.25, -0.2) is 0 Å². The maximum Gasteiger partial charge on any atom is 0.419 e. The lowest BCUT2D eigenvalue weighted by Gasteiger charge is -2.27. The van der Waals surface area contributed by atoms with Crippen LogP contribution in [0.3, 0.4) is 0 Å². The number of halogens is 3. The highest BCUT2D eigenvalue weighted by Gasteiger charge is 2.34. The van der Waals surface area contributed by atoms with Gasteiger partial charge in [0.1, 0.15) is 5.75 Å². The normalized spacial score (nSPS) is 24.9. The van der Waals surface area contributed by atoms with Crippen molar-refractivity contribution in [2.45, 2.75) is 44.1 Å². The molecule has 1 aliphatic rings. The Morgan fingerprint density at radius 2 is 1.67 bits per heavy atom. The van der Waals surface area contributed by atoms with Crippen LogP contribution >= 0.6 is 0 Å². The number of aliphatic hydroxyl groups excluding tert-OH is 1. The van der Waals surface area contributed by atoms with Gasteiger partial charge in [-0.2, -0.15) is 13.2 Å². The molecular weight excluding hydrogens is 245 g/mol. The lowest BCUT2D eigenvalue weighted by molar-refractivity contribution is -0.139. The highest BCUT2D eigenvalue weighted by Crippen LogP contribution is 2.37. The van der Waals surface area contributed by atoms with E-state index in [4.69, 9.17) is 4.74 Å². The van der Waals surface area contributed by atoms with Gasteiger partial charge < -0.3 is 9.84 Å². The molecule has 1 aromatic carbocycles. The quantitative estimate of drug-likeness (QED) is 0.883. The molecule has 18 heavy (non-hydrogen) atoms. The van der Waals surface area contributed by atoms with Crippen LogP contribution < -0.4 is 4.74 Å². The lowest BCUT2D eigenvalue weighted by atomic mass is 9.95. The first kappa shape index (κ1) is 13.2. The molecule has 1 aromatic rings. The van der Waals surface area contributed by atoms with Crippen molar-refractivity contribution in [1.29, 1.82) is 0 Å². The second-order valence-corrected chi connectivity index (χ2v) is 4.54. The lowest BCUT2D eigenvalue weighted by Crippen LogP contribution is -2.27. The van der Waals surface area contributed by atoms with Crippen molar-refractivity contribution in [1.82, 2.24) is 0 Å². The van der Waals surface area contributed by atoms with Gasteiger partial charge in [-0.15, -0.1) is 0 Å². The summed E-state index contributed by atoms with van der Waals surface area (Å²) in [5.74, 6) is -0.119. The topological polar surface area (TPSA) is 29.5 Å². The molecule has 0 atom stereocenters. The molecule has 0 aromatic heterocycles. The number of alkyl halides is 3. The Kier molecular flexibility index (Phi) is 3.80. The van der Waals surface area contributed by atoms with Crippen molar-refractivity contribution < 1.29 is 23.0 Å². The summed E-state index contributed by atoms with van der Waals surface area (Å²) >= 11 is 0. The summed E-state index contributed by atoms with van der Waals surface area (Å²) in [7, 11) is 0. The second kappa shape index (κ2) is 5.18. The van der Waals surface area contributed by atoms with E-state index in [9.17, 15) is 18.3 Å². The molecule has 1 aliphatic carbocycles. The maximum absolute atomic E-state index is 12.7. The molecule has 0 heterocycles. The Bertz CT molecular complexity index is 395. The molecule has 0 spiro atoms. The summed E-state index contributed by atoms with van der Waals surface area (Å²) < 4.78 is 43.7. The molecule has 0 bridgehead atoms. The highest BCUT2D eigenvalue weighted by atomic mass is 19.4. The van der Waals surface area contributed by atoms with E-state index in [1.54, 1.807) is 0 Å². The van der Waals surface area contributed by atoms with E-state index in [1.807, 2.05) is 0 Å². The fourth-order valence-electron chi connectivity index (χ4n) is 2.15. The van der Waals surface area contributed by atoms with Crippen LogP contribution in [-0.4, -0.2) is 17.3 Å². The van der Waals surface area contributed by atoms with Gasteiger partial charge in [-0.05, 0) is 37.8 Å². The number of ether oxygens (including phenoxy) is 1. The summed E-state index contributed by atoms with van der Waals surface area (Å²) in [5, 5.41) is 9.34. The zero-order valence-corrected chi connectivity index (χ0v) is 9.78. The van der Waals surface area contributed by atoms with Gasteiger partial charge in [0.2, 0.25) is 0 Å². The van der Waals surface area contributed by atoms with E-state index in [-0.39, 0.29) is 18.0 Å². The van der Waals surface area contributed by atoms with Crippen LogP contribution in [0.15, 0.2) is 24.3 Å². The van der Waals surface area contributed by atoms with Crippen molar-refractivity contribution in [3.8, 4) is 5.75 Å². The van der Waals surface area contributed by atoms with Gasteiger partial charge in [-0.1, -0.05) is 12.1 Å². The van der Waals surface area contributed by atoms with Crippen LogP contribution in [-0.2, 0) is 6.18 Å². The molecule has 1 saturated carbocycles. The Balaban J connectivity index is 2.10. The van der Waals surface area contributed by atoms with Gasteiger partial charge in [0, 0.05) is 0 Å². The van der Waals surface area contributed by atoms with Crippen LogP contribution in [0.4, 0.5) is 13.2 Å². The number of rotatable bonds is 2. The second-order valence-electron chi connectivity index (χ2n) is 4.54. The number of benzene rings is 1. The number of aliphatic hydroxyl groups is 1. The monoisotopic (exact) mass is 260 g/mol. The third kappa shape index (κ3) is 3.16. The van der Waals surface area contributed by atoms with Crippen molar-refractivity contribution >= 4 is 0 Å². The first-order valence-corrected chi connectivity index (χ1v) is 5.98.